The van der Waals surface area contributed by atoms with Crippen molar-refractivity contribution < 1.29 is 5.21 Å². The Labute approximate surface area is 120 Å². The van der Waals surface area contributed by atoms with Crippen molar-refractivity contribution in [3.8, 4) is 0 Å². The van der Waals surface area contributed by atoms with E-state index in [0.717, 1.165) is 13.1 Å². The predicted molar refractivity (Wildman–Crippen MR) is 78.0 cm³/mol. The summed E-state index contributed by atoms with van der Waals surface area (Å²) in [5.74, 6) is 0.346. The number of amidine groups is 1. The molecule has 100 valence electrons. The van der Waals surface area contributed by atoms with Crippen LogP contribution >= 0.6 is 27.3 Å². The van der Waals surface area contributed by atoms with Crippen LogP contribution in [0.5, 0.6) is 0 Å². The number of thiophene rings is 1. The molecule has 0 atom stereocenters. The zero-order valence-corrected chi connectivity index (χ0v) is 12.8. The average Bonchev–Trinajstić information content (AvgIpc) is 2.92. The van der Waals surface area contributed by atoms with Gasteiger partial charge in [0.15, 0.2) is 0 Å². The van der Waals surface area contributed by atoms with Crippen molar-refractivity contribution in [2.45, 2.75) is 25.8 Å². The highest BCUT2D eigenvalue weighted by Crippen LogP contribution is 2.49. The van der Waals surface area contributed by atoms with Gasteiger partial charge in [-0.15, -0.1) is 11.3 Å². The smallest absolute Gasteiger partial charge is 0.139 e. The van der Waals surface area contributed by atoms with Crippen LogP contribution in [0.2, 0.25) is 0 Å². The van der Waals surface area contributed by atoms with E-state index in [9.17, 15) is 0 Å². The van der Waals surface area contributed by atoms with E-state index in [1.807, 2.05) is 0 Å². The van der Waals surface area contributed by atoms with E-state index in [1.54, 1.807) is 11.3 Å². The number of rotatable bonds is 6. The SMILES string of the molecule is CN(Cc1csc(Br)c1)CC1(CC(N)=NO)CC1. The first-order valence-electron chi connectivity index (χ1n) is 5.91. The molecule has 3 N–H and O–H groups in total. The van der Waals surface area contributed by atoms with E-state index in [-0.39, 0.29) is 5.41 Å². The summed E-state index contributed by atoms with van der Waals surface area (Å²) < 4.78 is 1.17. The third-order valence-electron chi connectivity index (χ3n) is 3.32. The topological polar surface area (TPSA) is 61.8 Å². The minimum absolute atomic E-state index is 0.234. The molecule has 1 fully saturated rings. The first-order valence-corrected chi connectivity index (χ1v) is 7.58. The van der Waals surface area contributed by atoms with Gasteiger partial charge in [0.2, 0.25) is 0 Å². The molecular formula is C12H18BrN3OS. The van der Waals surface area contributed by atoms with Gasteiger partial charge in [0.25, 0.3) is 0 Å². The van der Waals surface area contributed by atoms with E-state index >= 15 is 0 Å². The molecule has 1 heterocycles. The molecule has 0 saturated heterocycles. The van der Waals surface area contributed by atoms with E-state index in [2.05, 4.69) is 44.5 Å². The number of nitrogens with two attached hydrogens (primary N) is 1. The number of halogens is 1. The monoisotopic (exact) mass is 331 g/mol. The Morgan fingerprint density at radius 3 is 2.89 bits per heavy atom. The molecule has 1 saturated carbocycles. The molecule has 0 aromatic carbocycles. The second kappa shape index (κ2) is 5.59. The lowest BCUT2D eigenvalue weighted by Gasteiger charge is -2.22. The molecule has 0 aliphatic heterocycles. The van der Waals surface area contributed by atoms with Gasteiger partial charge in [-0.25, -0.2) is 0 Å². The van der Waals surface area contributed by atoms with Crippen molar-refractivity contribution in [1.29, 1.82) is 0 Å². The fourth-order valence-corrected chi connectivity index (χ4v) is 3.56. The van der Waals surface area contributed by atoms with Crippen LogP contribution in [-0.4, -0.2) is 29.5 Å². The first-order chi connectivity index (χ1) is 8.53. The summed E-state index contributed by atoms with van der Waals surface area (Å²) in [6.45, 7) is 1.94. The largest absolute Gasteiger partial charge is 0.409 e. The third-order valence-corrected chi connectivity index (χ3v) is 4.87. The summed E-state index contributed by atoms with van der Waals surface area (Å²) in [5, 5.41) is 13.9. The lowest BCUT2D eigenvalue weighted by molar-refractivity contribution is 0.256. The van der Waals surface area contributed by atoms with Crippen LogP contribution < -0.4 is 5.73 Å². The van der Waals surface area contributed by atoms with Gasteiger partial charge in [-0.1, -0.05) is 5.16 Å². The lowest BCUT2D eigenvalue weighted by Crippen LogP contribution is -2.29. The van der Waals surface area contributed by atoms with E-state index in [0.29, 0.717) is 12.3 Å². The van der Waals surface area contributed by atoms with E-state index in [1.165, 1.54) is 22.2 Å². The Morgan fingerprint density at radius 2 is 2.39 bits per heavy atom. The van der Waals surface area contributed by atoms with Crippen LogP contribution in [0.4, 0.5) is 0 Å². The van der Waals surface area contributed by atoms with Gasteiger partial charge in [0.1, 0.15) is 5.84 Å². The van der Waals surface area contributed by atoms with Crippen molar-refractivity contribution in [3.05, 3.63) is 20.8 Å². The molecule has 4 nitrogen and oxygen atoms in total. The van der Waals surface area contributed by atoms with Gasteiger partial charge in [0.05, 0.1) is 3.79 Å². The molecule has 1 aliphatic rings. The van der Waals surface area contributed by atoms with Crippen LogP contribution in [0, 0.1) is 5.41 Å². The van der Waals surface area contributed by atoms with Gasteiger partial charge in [-0.3, -0.25) is 0 Å². The van der Waals surface area contributed by atoms with Crippen molar-refractivity contribution in [2.24, 2.45) is 16.3 Å². The summed E-state index contributed by atoms with van der Waals surface area (Å²) in [6, 6.07) is 2.16. The number of hydrogen-bond donors (Lipinski definition) is 2. The van der Waals surface area contributed by atoms with Gasteiger partial charge >= 0.3 is 0 Å². The molecule has 0 bridgehead atoms. The molecule has 1 aliphatic carbocycles. The fraction of sp³-hybridized carbons (Fsp3) is 0.583. The zero-order chi connectivity index (χ0) is 13.2. The molecule has 2 rings (SSSR count). The van der Waals surface area contributed by atoms with Crippen molar-refractivity contribution in [3.63, 3.8) is 0 Å². The summed E-state index contributed by atoms with van der Waals surface area (Å²) in [7, 11) is 2.12. The number of hydrogen-bond acceptors (Lipinski definition) is 4. The second-order valence-electron chi connectivity index (χ2n) is 5.20. The zero-order valence-electron chi connectivity index (χ0n) is 10.4. The molecule has 0 unspecified atom stereocenters. The predicted octanol–water partition coefficient (Wildman–Crippen LogP) is 2.86. The maximum absolute atomic E-state index is 8.64. The molecule has 1 aromatic heterocycles. The highest BCUT2D eigenvalue weighted by molar-refractivity contribution is 9.11. The molecule has 0 amide bonds. The minimum atomic E-state index is 0.234. The highest BCUT2D eigenvalue weighted by atomic mass is 79.9. The average molecular weight is 332 g/mol. The molecule has 0 spiro atoms. The summed E-state index contributed by atoms with van der Waals surface area (Å²) >= 11 is 5.19. The fourth-order valence-electron chi connectivity index (χ4n) is 2.36. The lowest BCUT2D eigenvalue weighted by atomic mass is 10.0. The molecule has 18 heavy (non-hydrogen) atoms. The van der Waals surface area contributed by atoms with Crippen LogP contribution in [0.3, 0.4) is 0 Å². The number of oxime groups is 1. The first kappa shape index (κ1) is 13.8. The quantitative estimate of drug-likeness (QED) is 0.364. The molecular weight excluding hydrogens is 314 g/mol. The van der Waals surface area contributed by atoms with Crippen molar-refractivity contribution in [2.75, 3.05) is 13.6 Å². The third kappa shape index (κ3) is 3.70. The molecule has 1 aromatic rings. The van der Waals surface area contributed by atoms with E-state index < -0.39 is 0 Å². The van der Waals surface area contributed by atoms with Gasteiger partial charge < -0.3 is 15.8 Å². The Bertz CT molecular complexity index is 442. The van der Waals surface area contributed by atoms with Crippen LogP contribution in [0.1, 0.15) is 24.8 Å². The normalized spacial score (nSPS) is 18.3. The van der Waals surface area contributed by atoms with Crippen molar-refractivity contribution >= 4 is 33.1 Å². The van der Waals surface area contributed by atoms with E-state index in [4.69, 9.17) is 10.9 Å². The summed E-state index contributed by atoms with van der Waals surface area (Å²) in [5.41, 5.74) is 7.17. The number of nitrogens with zero attached hydrogens (tertiary/aromatic N) is 2. The summed E-state index contributed by atoms with van der Waals surface area (Å²) in [4.78, 5) is 2.31. The Morgan fingerprint density at radius 1 is 1.67 bits per heavy atom. The maximum Gasteiger partial charge on any atom is 0.139 e. The van der Waals surface area contributed by atoms with Gasteiger partial charge in [0, 0.05) is 19.5 Å². The van der Waals surface area contributed by atoms with Crippen LogP contribution in [-0.2, 0) is 6.54 Å². The van der Waals surface area contributed by atoms with Crippen LogP contribution in [0.15, 0.2) is 20.4 Å². The Balaban J connectivity index is 1.86. The van der Waals surface area contributed by atoms with Crippen molar-refractivity contribution in [1.82, 2.24) is 4.90 Å². The Kier molecular flexibility index (Phi) is 4.29. The van der Waals surface area contributed by atoms with Crippen LogP contribution in [0.25, 0.3) is 0 Å². The summed E-state index contributed by atoms with van der Waals surface area (Å²) in [6.07, 6.45) is 3.03. The second-order valence-corrected chi connectivity index (χ2v) is 7.49. The molecule has 0 radical (unpaired) electrons. The Hall–Kier alpha value is -0.590. The van der Waals surface area contributed by atoms with Gasteiger partial charge in [-0.05, 0) is 58.2 Å². The maximum atomic E-state index is 8.64. The standard InChI is InChI=1S/C12H18BrN3OS/c1-16(6-9-4-10(13)18-7-9)8-12(2-3-12)5-11(14)15-17/h4,7,17H,2-3,5-6,8H2,1H3,(H2,14,15). The minimum Gasteiger partial charge on any atom is -0.409 e. The van der Waals surface area contributed by atoms with Gasteiger partial charge in [-0.2, -0.15) is 0 Å². The highest BCUT2D eigenvalue weighted by Gasteiger charge is 2.43. The molecule has 6 heteroatoms.